The van der Waals surface area contributed by atoms with Crippen LogP contribution in [-0.4, -0.2) is 26.6 Å². The molecule has 1 unspecified atom stereocenters. The number of carbonyl (C=O) groups is 1. The minimum absolute atomic E-state index is 0.111. The van der Waals surface area contributed by atoms with Crippen LogP contribution in [0.4, 0.5) is 0 Å². The zero-order valence-corrected chi connectivity index (χ0v) is 10.0. The first-order chi connectivity index (χ1) is 7.69. The predicted octanol–water partition coefficient (Wildman–Crippen LogP) is 2.15. The van der Waals surface area contributed by atoms with Gasteiger partial charge in [0.15, 0.2) is 0 Å². The Balaban J connectivity index is 2.95. The fourth-order valence-electron chi connectivity index (χ4n) is 1.71. The molecule has 0 fully saturated rings. The monoisotopic (exact) mass is 222 g/mol. The van der Waals surface area contributed by atoms with E-state index in [0.29, 0.717) is 13.0 Å². The lowest BCUT2D eigenvalue weighted by atomic mass is 9.99. The molecule has 0 spiro atoms. The molecule has 0 aliphatic rings. The Morgan fingerprint density at radius 1 is 1.31 bits per heavy atom. The van der Waals surface area contributed by atoms with E-state index in [2.05, 4.69) is 0 Å². The van der Waals surface area contributed by atoms with Crippen molar-refractivity contribution in [2.75, 3.05) is 20.8 Å². The molecule has 1 rings (SSSR count). The van der Waals surface area contributed by atoms with Gasteiger partial charge in [0.05, 0.1) is 6.61 Å². The van der Waals surface area contributed by atoms with Crippen LogP contribution in [0.3, 0.4) is 0 Å². The molecule has 16 heavy (non-hydrogen) atoms. The first-order valence-electron chi connectivity index (χ1n) is 5.28. The summed E-state index contributed by atoms with van der Waals surface area (Å²) in [4.78, 5) is 11.2. The summed E-state index contributed by atoms with van der Waals surface area (Å²) in [5.41, 5.74) is 2.04. The molecule has 0 bridgehead atoms. The van der Waals surface area contributed by atoms with E-state index in [-0.39, 0.29) is 11.9 Å². The lowest BCUT2D eigenvalue weighted by Gasteiger charge is -2.17. The SMILES string of the molecule is COCC(OC)c1ccccc1CC(C)=O. The quantitative estimate of drug-likeness (QED) is 0.739. The first kappa shape index (κ1) is 12.9. The second-order valence-electron chi connectivity index (χ2n) is 3.76. The zero-order valence-electron chi connectivity index (χ0n) is 10.0. The average Bonchev–Trinajstić information content (AvgIpc) is 2.26. The van der Waals surface area contributed by atoms with Crippen LogP contribution >= 0.6 is 0 Å². The third-order valence-electron chi connectivity index (χ3n) is 2.44. The third kappa shape index (κ3) is 3.43. The topological polar surface area (TPSA) is 35.5 Å². The van der Waals surface area contributed by atoms with E-state index in [1.54, 1.807) is 21.1 Å². The van der Waals surface area contributed by atoms with E-state index in [9.17, 15) is 4.79 Å². The van der Waals surface area contributed by atoms with E-state index in [1.807, 2.05) is 24.3 Å². The summed E-state index contributed by atoms with van der Waals surface area (Å²) < 4.78 is 10.5. The summed E-state index contributed by atoms with van der Waals surface area (Å²) in [6.07, 6.45) is 0.334. The molecule has 0 radical (unpaired) electrons. The van der Waals surface area contributed by atoms with Gasteiger partial charge in [0.25, 0.3) is 0 Å². The molecular formula is C13H18O3. The maximum atomic E-state index is 11.2. The predicted molar refractivity (Wildman–Crippen MR) is 62.5 cm³/mol. The summed E-state index contributed by atoms with van der Waals surface area (Å²) in [6, 6.07) is 7.81. The molecule has 0 aliphatic heterocycles. The minimum Gasteiger partial charge on any atom is -0.382 e. The van der Waals surface area contributed by atoms with Gasteiger partial charge in [-0.3, -0.25) is 4.79 Å². The van der Waals surface area contributed by atoms with Crippen LogP contribution in [0.2, 0.25) is 0 Å². The van der Waals surface area contributed by atoms with Crippen molar-refractivity contribution in [2.45, 2.75) is 19.4 Å². The molecule has 0 aliphatic carbocycles. The molecule has 3 nitrogen and oxygen atoms in total. The number of hydrogen-bond acceptors (Lipinski definition) is 3. The number of ether oxygens (including phenoxy) is 2. The highest BCUT2D eigenvalue weighted by atomic mass is 16.5. The lowest BCUT2D eigenvalue weighted by molar-refractivity contribution is -0.116. The van der Waals surface area contributed by atoms with Crippen LogP contribution in [0, 0.1) is 0 Å². The smallest absolute Gasteiger partial charge is 0.134 e. The molecule has 1 aromatic carbocycles. The van der Waals surface area contributed by atoms with Crippen LogP contribution < -0.4 is 0 Å². The Morgan fingerprint density at radius 2 is 2.00 bits per heavy atom. The highest BCUT2D eigenvalue weighted by Gasteiger charge is 2.14. The maximum absolute atomic E-state index is 11.2. The van der Waals surface area contributed by atoms with Gasteiger partial charge in [0.2, 0.25) is 0 Å². The first-order valence-corrected chi connectivity index (χ1v) is 5.28. The van der Waals surface area contributed by atoms with Crippen LogP contribution in [0.1, 0.15) is 24.2 Å². The van der Waals surface area contributed by atoms with Crippen LogP contribution in [0.25, 0.3) is 0 Å². The van der Waals surface area contributed by atoms with Gasteiger partial charge in [-0.1, -0.05) is 24.3 Å². The summed E-state index contributed by atoms with van der Waals surface area (Å²) in [7, 11) is 3.29. The number of rotatable bonds is 6. The second-order valence-corrected chi connectivity index (χ2v) is 3.76. The van der Waals surface area contributed by atoms with Gasteiger partial charge in [-0.05, 0) is 18.1 Å². The van der Waals surface area contributed by atoms with Crippen molar-refractivity contribution in [1.82, 2.24) is 0 Å². The Kier molecular flexibility index (Phi) is 5.15. The molecule has 1 atom stereocenters. The molecule has 0 N–H and O–H groups in total. The number of methoxy groups -OCH3 is 2. The van der Waals surface area contributed by atoms with Crippen LogP contribution in [0.15, 0.2) is 24.3 Å². The molecular weight excluding hydrogens is 204 g/mol. The van der Waals surface area contributed by atoms with Crippen molar-refractivity contribution in [3.05, 3.63) is 35.4 Å². The average molecular weight is 222 g/mol. The summed E-state index contributed by atoms with van der Waals surface area (Å²) in [5.74, 6) is 0.153. The molecule has 0 saturated heterocycles. The highest BCUT2D eigenvalue weighted by Crippen LogP contribution is 2.21. The normalized spacial score (nSPS) is 12.4. The van der Waals surface area contributed by atoms with Crippen LogP contribution in [0.5, 0.6) is 0 Å². The Morgan fingerprint density at radius 3 is 2.56 bits per heavy atom. The van der Waals surface area contributed by atoms with Crippen molar-refractivity contribution < 1.29 is 14.3 Å². The molecule has 3 heteroatoms. The molecule has 0 aromatic heterocycles. The number of hydrogen-bond donors (Lipinski definition) is 0. The standard InChI is InChI=1S/C13H18O3/c1-10(14)8-11-6-4-5-7-12(11)13(16-3)9-15-2/h4-7,13H,8-9H2,1-3H3. The Labute approximate surface area is 96.4 Å². The third-order valence-corrected chi connectivity index (χ3v) is 2.44. The van der Waals surface area contributed by atoms with E-state index in [0.717, 1.165) is 11.1 Å². The van der Waals surface area contributed by atoms with E-state index in [1.165, 1.54) is 0 Å². The van der Waals surface area contributed by atoms with E-state index < -0.39 is 0 Å². The molecule has 0 saturated carbocycles. The van der Waals surface area contributed by atoms with Gasteiger partial charge in [0.1, 0.15) is 11.9 Å². The Bertz CT molecular complexity index is 347. The maximum Gasteiger partial charge on any atom is 0.134 e. The molecule has 0 heterocycles. The molecule has 0 amide bonds. The number of benzene rings is 1. The second kappa shape index (κ2) is 6.40. The summed E-state index contributed by atoms with van der Waals surface area (Å²) in [6.45, 7) is 2.08. The Hall–Kier alpha value is -1.19. The van der Waals surface area contributed by atoms with Crippen molar-refractivity contribution in [3.8, 4) is 0 Å². The highest BCUT2D eigenvalue weighted by molar-refractivity contribution is 5.78. The summed E-state index contributed by atoms with van der Waals surface area (Å²) in [5, 5.41) is 0. The van der Waals surface area contributed by atoms with Crippen molar-refractivity contribution in [2.24, 2.45) is 0 Å². The number of Topliss-reactive ketones (excluding diaryl/α,β-unsaturated/α-hetero) is 1. The molecule has 88 valence electrons. The van der Waals surface area contributed by atoms with Gasteiger partial charge in [-0.25, -0.2) is 0 Å². The lowest BCUT2D eigenvalue weighted by Crippen LogP contribution is -2.12. The number of ketones is 1. The van der Waals surface area contributed by atoms with Gasteiger partial charge in [0, 0.05) is 20.6 Å². The van der Waals surface area contributed by atoms with Gasteiger partial charge in [-0.2, -0.15) is 0 Å². The van der Waals surface area contributed by atoms with Crippen LogP contribution in [-0.2, 0) is 20.7 Å². The largest absolute Gasteiger partial charge is 0.382 e. The molecule has 1 aromatic rings. The summed E-state index contributed by atoms with van der Waals surface area (Å²) >= 11 is 0. The van der Waals surface area contributed by atoms with Crippen molar-refractivity contribution in [3.63, 3.8) is 0 Å². The fourth-order valence-corrected chi connectivity index (χ4v) is 1.71. The minimum atomic E-state index is -0.111. The van der Waals surface area contributed by atoms with Gasteiger partial charge in [-0.15, -0.1) is 0 Å². The van der Waals surface area contributed by atoms with Gasteiger partial charge >= 0.3 is 0 Å². The van der Waals surface area contributed by atoms with E-state index >= 15 is 0 Å². The van der Waals surface area contributed by atoms with E-state index in [4.69, 9.17) is 9.47 Å². The number of carbonyl (C=O) groups excluding carboxylic acids is 1. The van der Waals surface area contributed by atoms with Crippen molar-refractivity contribution >= 4 is 5.78 Å². The fraction of sp³-hybridized carbons (Fsp3) is 0.462. The zero-order chi connectivity index (χ0) is 12.0. The van der Waals surface area contributed by atoms with Gasteiger partial charge < -0.3 is 9.47 Å². The van der Waals surface area contributed by atoms with Crippen molar-refractivity contribution in [1.29, 1.82) is 0 Å².